The molecule has 1 aromatic rings. The smallest absolute Gasteiger partial charge is 0.298 e. The number of hydrogen-bond donors (Lipinski definition) is 6. The molecule has 0 spiro atoms. The van der Waals surface area contributed by atoms with Crippen LogP contribution in [0.4, 0.5) is 5.82 Å². The molecule has 0 aliphatic carbocycles. The number of hydrogen-bond acceptors (Lipinski definition) is 8. The van der Waals surface area contributed by atoms with Crippen LogP contribution in [0.25, 0.3) is 0 Å². The van der Waals surface area contributed by atoms with Crippen LogP contribution in [0, 0.1) is 0 Å². The highest BCUT2D eigenvalue weighted by Gasteiger charge is 2.44. The van der Waals surface area contributed by atoms with Crippen molar-refractivity contribution in [3.8, 4) is 6.01 Å². The quantitative estimate of drug-likeness (QED) is 0.334. The predicted octanol–water partition coefficient (Wildman–Crippen LogP) is -3.09. The van der Waals surface area contributed by atoms with Gasteiger partial charge in [-0.1, -0.05) is 0 Å². The Morgan fingerprint density at radius 2 is 2.16 bits per heavy atom. The van der Waals surface area contributed by atoms with Gasteiger partial charge in [0, 0.05) is 0 Å². The Bertz CT molecular complexity index is 477. The average Bonchev–Trinajstić information content (AvgIpc) is 2.84. The van der Waals surface area contributed by atoms with Crippen LogP contribution in [0.15, 0.2) is 0 Å². The van der Waals surface area contributed by atoms with Gasteiger partial charge in [0.15, 0.2) is 11.5 Å². The number of carbonyl (C=O) groups excluding carboxylic acids is 1. The van der Waals surface area contributed by atoms with Gasteiger partial charge in [0.05, 0.1) is 6.61 Å². The molecule has 10 heteroatoms. The van der Waals surface area contributed by atoms with Crippen molar-refractivity contribution in [3.05, 3.63) is 5.69 Å². The summed E-state index contributed by atoms with van der Waals surface area (Å²) in [6.45, 7) is -0.481. The monoisotopic (exact) mass is 274 g/mol. The minimum Gasteiger partial charge on any atom is -0.432 e. The number of ether oxygens (including phenoxy) is 2. The fourth-order valence-corrected chi connectivity index (χ4v) is 1.68. The summed E-state index contributed by atoms with van der Waals surface area (Å²) in [6.07, 6.45) is -4.89. The second kappa shape index (κ2) is 5.01. The number of H-pyrrole nitrogens is 1. The van der Waals surface area contributed by atoms with Gasteiger partial charge in [-0.05, 0) is 0 Å². The van der Waals surface area contributed by atoms with E-state index in [0.717, 1.165) is 0 Å². The fraction of sp³-hybridized carbons (Fsp3) is 0.556. The molecule has 0 bridgehead atoms. The molecule has 0 aromatic carbocycles. The van der Waals surface area contributed by atoms with Crippen LogP contribution in [0.2, 0.25) is 0 Å². The molecule has 0 saturated carbocycles. The number of nitrogens with two attached hydrogens (primary N) is 2. The van der Waals surface area contributed by atoms with Crippen LogP contribution in [0.3, 0.4) is 0 Å². The molecule has 8 N–H and O–H groups in total. The van der Waals surface area contributed by atoms with Crippen molar-refractivity contribution in [2.45, 2.75) is 24.6 Å². The summed E-state index contributed by atoms with van der Waals surface area (Å²) in [5.41, 5.74) is 10.3. The summed E-state index contributed by atoms with van der Waals surface area (Å²) in [4.78, 5) is 17.0. The molecule has 10 nitrogen and oxygen atoms in total. The molecular weight excluding hydrogens is 260 g/mol. The Hall–Kier alpha value is -1.88. The van der Waals surface area contributed by atoms with E-state index >= 15 is 0 Å². The molecule has 0 unspecified atom stereocenters. The zero-order valence-electron chi connectivity index (χ0n) is 9.68. The lowest BCUT2D eigenvalue weighted by Crippen LogP contribution is -2.35. The first-order valence-corrected chi connectivity index (χ1v) is 5.38. The molecule has 1 amide bonds. The van der Waals surface area contributed by atoms with E-state index in [9.17, 15) is 15.0 Å². The van der Waals surface area contributed by atoms with E-state index in [-0.39, 0.29) is 17.5 Å². The number of primary amides is 1. The summed E-state index contributed by atoms with van der Waals surface area (Å²) in [5, 5.41) is 28.0. The van der Waals surface area contributed by atoms with Crippen LogP contribution < -0.4 is 16.2 Å². The largest absolute Gasteiger partial charge is 0.432 e. The zero-order chi connectivity index (χ0) is 14.2. The van der Waals surface area contributed by atoms with Crippen molar-refractivity contribution in [1.29, 1.82) is 0 Å². The molecule has 1 aliphatic rings. The van der Waals surface area contributed by atoms with E-state index in [1.807, 2.05) is 0 Å². The number of rotatable bonds is 4. The lowest BCUT2D eigenvalue weighted by Gasteiger charge is -2.14. The Labute approximate surface area is 106 Å². The molecule has 2 rings (SSSR count). The van der Waals surface area contributed by atoms with Crippen LogP contribution in [0.1, 0.15) is 10.5 Å². The molecule has 0 radical (unpaired) electrons. The van der Waals surface area contributed by atoms with E-state index in [1.54, 1.807) is 0 Å². The summed E-state index contributed by atoms with van der Waals surface area (Å²) < 4.78 is 10.2. The molecule has 1 saturated heterocycles. The van der Waals surface area contributed by atoms with Crippen molar-refractivity contribution in [2.75, 3.05) is 12.3 Å². The third kappa shape index (κ3) is 2.46. The van der Waals surface area contributed by atoms with Gasteiger partial charge in [0.2, 0.25) is 6.29 Å². The minimum atomic E-state index is -1.37. The van der Waals surface area contributed by atoms with Gasteiger partial charge in [0.25, 0.3) is 11.9 Å². The van der Waals surface area contributed by atoms with Gasteiger partial charge in [-0.2, -0.15) is 4.98 Å². The number of amides is 1. The number of aromatic amines is 1. The summed E-state index contributed by atoms with van der Waals surface area (Å²) in [7, 11) is 0. The van der Waals surface area contributed by atoms with Crippen LogP contribution in [-0.2, 0) is 4.74 Å². The van der Waals surface area contributed by atoms with Gasteiger partial charge < -0.3 is 41.2 Å². The number of aliphatic hydroxyl groups is 3. The fourth-order valence-electron chi connectivity index (χ4n) is 1.68. The zero-order valence-corrected chi connectivity index (χ0v) is 9.68. The second-order valence-corrected chi connectivity index (χ2v) is 3.99. The van der Waals surface area contributed by atoms with Gasteiger partial charge in [0.1, 0.15) is 18.3 Å². The van der Waals surface area contributed by atoms with Crippen molar-refractivity contribution in [3.63, 3.8) is 0 Å². The van der Waals surface area contributed by atoms with E-state index in [4.69, 9.17) is 26.0 Å². The standard InChI is InChI=1S/C9H14N4O6/c10-6-3(7(11)17)12-9(13-6)19-8-5(16)4(15)2(1-14)18-8/h2,4-5,8,14-16H,1,10H2,(H2,11,17)(H,12,13)/t2-,4-,5-,8-/m1/s1. The molecule has 1 fully saturated rings. The number of carbonyl (C=O) groups is 1. The minimum absolute atomic E-state index is 0.137. The van der Waals surface area contributed by atoms with Gasteiger partial charge in [-0.3, -0.25) is 4.79 Å². The third-order valence-corrected chi connectivity index (χ3v) is 2.68. The van der Waals surface area contributed by atoms with Crippen LogP contribution >= 0.6 is 0 Å². The first-order chi connectivity index (χ1) is 8.93. The highest BCUT2D eigenvalue weighted by molar-refractivity contribution is 5.95. The summed E-state index contributed by atoms with van der Waals surface area (Å²) >= 11 is 0. The van der Waals surface area contributed by atoms with Crippen molar-refractivity contribution in [2.24, 2.45) is 5.73 Å². The summed E-state index contributed by atoms with van der Waals surface area (Å²) in [6, 6.07) is -0.193. The number of nitrogens with zero attached hydrogens (tertiary/aromatic N) is 1. The van der Waals surface area contributed by atoms with Crippen LogP contribution in [0.5, 0.6) is 6.01 Å². The number of anilines is 1. The first kappa shape index (κ1) is 13.5. The van der Waals surface area contributed by atoms with Gasteiger partial charge >= 0.3 is 0 Å². The average molecular weight is 274 g/mol. The number of aromatic nitrogens is 2. The maximum atomic E-state index is 10.9. The molecule has 106 valence electrons. The molecular formula is C9H14N4O6. The maximum Gasteiger partial charge on any atom is 0.298 e. The highest BCUT2D eigenvalue weighted by atomic mass is 16.7. The third-order valence-electron chi connectivity index (χ3n) is 2.68. The molecule has 1 aliphatic heterocycles. The Balaban J connectivity index is 2.10. The number of imidazole rings is 1. The molecule has 2 heterocycles. The summed E-state index contributed by atoms with van der Waals surface area (Å²) in [5.74, 6) is -0.977. The van der Waals surface area contributed by atoms with Crippen molar-refractivity contribution >= 4 is 11.7 Å². The predicted molar refractivity (Wildman–Crippen MR) is 59.9 cm³/mol. The van der Waals surface area contributed by atoms with Gasteiger partial charge in [-0.15, -0.1) is 0 Å². The maximum absolute atomic E-state index is 10.9. The Morgan fingerprint density at radius 3 is 2.63 bits per heavy atom. The van der Waals surface area contributed by atoms with E-state index in [2.05, 4.69) is 9.97 Å². The number of nitrogens with one attached hydrogen (secondary N) is 1. The lowest BCUT2D eigenvalue weighted by molar-refractivity contribution is -0.119. The highest BCUT2D eigenvalue weighted by Crippen LogP contribution is 2.24. The van der Waals surface area contributed by atoms with E-state index < -0.39 is 37.1 Å². The first-order valence-electron chi connectivity index (χ1n) is 5.38. The number of nitrogen functional groups attached to an aromatic ring is 1. The van der Waals surface area contributed by atoms with Crippen molar-refractivity contribution in [1.82, 2.24) is 9.97 Å². The molecule has 19 heavy (non-hydrogen) atoms. The second-order valence-electron chi connectivity index (χ2n) is 3.99. The van der Waals surface area contributed by atoms with E-state index in [0.29, 0.717) is 0 Å². The Morgan fingerprint density at radius 1 is 1.47 bits per heavy atom. The SMILES string of the molecule is NC(=O)c1[nH]c(O[C@H]2O[C@H](CO)[C@@H](O)[C@H]2O)nc1N. The molecule has 4 atom stereocenters. The van der Waals surface area contributed by atoms with Crippen molar-refractivity contribution < 1.29 is 29.6 Å². The topological polar surface area (TPSA) is 177 Å². The molecule has 1 aromatic heterocycles. The lowest BCUT2D eigenvalue weighted by atomic mass is 10.1. The van der Waals surface area contributed by atoms with E-state index in [1.165, 1.54) is 0 Å². The number of aliphatic hydroxyl groups excluding tert-OH is 3. The normalized spacial score (nSPS) is 30.5. The van der Waals surface area contributed by atoms with Gasteiger partial charge in [-0.25, -0.2) is 0 Å². The Kier molecular flexibility index (Phi) is 3.57. The van der Waals surface area contributed by atoms with Crippen LogP contribution in [-0.4, -0.2) is 62.4 Å².